The molecule has 1 rings (SSSR count). The van der Waals surface area contributed by atoms with Crippen LogP contribution in [-0.4, -0.2) is 24.5 Å². The Bertz CT molecular complexity index is 495. The third-order valence-electron chi connectivity index (χ3n) is 2.49. The minimum Gasteiger partial charge on any atom is -0.479 e. The van der Waals surface area contributed by atoms with Crippen molar-refractivity contribution in [3.05, 3.63) is 28.2 Å². The zero-order valence-electron chi connectivity index (χ0n) is 11.0. The molecular formula is C13H16Cl2N2O3. The van der Waals surface area contributed by atoms with Crippen LogP contribution in [-0.2, 0) is 9.59 Å². The van der Waals surface area contributed by atoms with Crippen molar-refractivity contribution in [3.63, 3.8) is 0 Å². The normalized spacial score (nSPS) is 11.8. The summed E-state index contributed by atoms with van der Waals surface area (Å²) in [6.45, 7) is 1.96. The molecule has 2 amide bonds. The number of benzene rings is 1. The van der Waals surface area contributed by atoms with Gasteiger partial charge in [-0.3, -0.25) is 9.59 Å². The molecule has 0 saturated heterocycles. The van der Waals surface area contributed by atoms with Gasteiger partial charge in [-0.05, 0) is 25.5 Å². The molecule has 0 fully saturated rings. The van der Waals surface area contributed by atoms with E-state index < -0.39 is 12.0 Å². The summed E-state index contributed by atoms with van der Waals surface area (Å²) in [7, 11) is 0. The van der Waals surface area contributed by atoms with Gasteiger partial charge >= 0.3 is 0 Å². The van der Waals surface area contributed by atoms with E-state index in [1.54, 1.807) is 25.1 Å². The molecule has 0 aromatic heterocycles. The number of nitrogens with one attached hydrogen (secondary N) is 1. The molecule has 1 atom stereocenters. The van der Waals surface area contributed by atoms with Crippen LogP contribution in [0, 0.1) is 0 Å². The van der Waals surface area contributed by atoms with Gasteiger partial charge in [0.05, 0.1) is 5.02 Å². The van der Waals surface area contributed by atoms with Crippen molar-refractivity contribution in [3.8, 4) is 5.75 Å². The smallest absolute Gasteiger partial charge is 0.260 e. The third-order valence-corrected chi connectivity index (χ3v) is 3.29. The topological polar surface area (TPSA) is 81.4 Å². The summed E-state index contributed by atoms with van der Waals surface area (Å²) in [5.41, 5.74) is 5.00. The number of rotatable bonds is 7. The lowest BCUT2D eigenvalue weighted by Crippen LogP contribution is -2.37. The summed E-state index contributed by atoms with van der Waals surface area (Å²) < 4.78 is 5.45. The maximum atomic E-state index is 11.8. The van der Waals surface area contributed by atoms with Gasteiger partial charge < -0.3 is 15.8 Å². The van der Waals surface area contributed by atoms with Gasteiger partial charge in [0.25, 0.3) is 5.91 Å². The first-order valence-electron chi connectivity index (χ1n) is 6.08. The monoisotopic (exact) mass is 318 g/mol. The molecule has 0 saturated carbocycles. The molecule has 110 valence electrons. The minimum atomic E-state index is -0.723. The summed E-state index contributed by atoms with van der Waals surface area (Å²) in [6, 6.07) is 4.94. The summed E-state index contributed by atoms with van der Waals surface area (Å²) in [4.78, 5) is 22.3. The van der Waals surface area contributed by atoms with E-state index in [1.807, 2.05) is 0 Å². The summed E-state index contributed by atoms with van der Waals surface area (Å²) in [6.07, 6.45) is 0.000922. The van der Waals surface area contributed by atoms with Gasteiger partial charge in [-0.25, -0.2) is 0 Å². The van der Waals surface area contributed by atoms with E-state index in [0.29, 0.717) is 23.7 Å². The van der Waals surface area contributed by atoms with Gasteiger partial charge in [0.1, 0.15) is 10.8 Å². The number of carbonyl (C=O) groups is 2. The van der Waals surface area contributed by atoms with Crippen molar-refractivity contribution >= 4 is 35.0 Å². The lowest BCUT2D eigenvalue weighted by atomic mass is 10.3. The fourth-order valence-corrected chi connectivity index (χ4v) is 1.77. The van der Waals surface area contributed by atoms with Gasteiger partial charge in [-0.1, -0.05) is 29.3 Å². The highest BCUT2D eigenvalue weighted by molar-refractivity contribution is 6.42. The quantitative estimate of drug-likeness (QED) is 0.756. The highest BCUT2D eigenvalue weighted by Crippen LogP contribution is 2.31. The highest BCUT2D eigenvalue weighted by atomic mass is 35.5. The molecule has 0 radical (unpaired) electrons. The van der Waals surface area contributed by atoms with E-state index in [-0.39, 0.29) is 17.4 Å². The van der Waals surface area contributed by atoms with E-state index in [0.717, 1.165) is 0 Å². The number of amides is 2. The van der Waals surface area contributed by atoms with Crippen LogP contribution >= 0.6 is 23.2 Å². The number of carbonyl (C=O) groups excluding carboxylic acids is 2. The molecule has 3 N–H and O–H groups in total. The number of halogens is 2. The predicted octanol–water partition coefficient (Wildman–Crippen LogP) is 2.14. The van der Waals surface area contributed by atoms with Crippen LogP contribution in [0.25, 0.3) is 0 Å². The Morgan fingerprint density at radius 2 is 2.10 bits per heavy atom. The van der Waals surface area contributed by atoms with Crippen LogP contribution in [0.1, 0.15) is 19.8 Å². The van der Waals surface area contributed by atoms with Crippen molar-refractivity contribution < 1.29 is 14.3 Å². The van der Waals surface area contributed by atoms with E-state index >= 15 is 0 Å². The van der Waals surface area contributed by atoms with E-state index in [9.17, 15) is 9.59 Å². The third kappa shape index (κ3) is 5.27. The number of primary amides is 1. The van der Waals surface area contributed by atoms with Crippen LogP contribution in [0.2, 0.25) is 10.0 Å². The summed E-state index contributed by atoms with van der Waals surface area (Å²) in [5, 5.41) is 3.27. The average molecular weight is 319 g/mol. The molecule has 5 nitrogen and oxygen atoms in total. The first kappa shape index (κ1) is 16.6. The number of ether oxygens (including phenoxy) is 1. The van der Waals surface area contributed by atoms with Gasteiger partial charge in [0.15, 0.2) is 6.10 Å². The minimum absolute atomic E-state index is 0.232. The molecule has 0 aliphatic carbocycles. The van der Waals surface area contributed by atoms with Crippen molar-refractivity contribution in [2.45, 2.75) is 25.9 Å². The maximum Gasteiger partial charge on any atom is 0.260 e. The van der Waals surface area contributed by atoms with Crippen molar-refractivity contribution in [2.24, 2.45) is 5.73 Å². The van der Waals surface area contributed by atoms with Crippen LogP contribution in [0.4, 0.5) is 0 Å². The first-order chi connectivity index (χ1) is 9.41. The Kier molecular flexibility index (Phi) is 6.61. The molecule has 0 aliphatic heterocycles. The van der Waals surface area contributed by atoms with Crippen LogP contribution in [0.15, 0.2) is 18.2 Å². The summed E-state index contributed by atoms with van der Waals surface area (Å²) in [5.74, 6) is -0.348. The van der Waals surface area contributed by atoms with Crippen molar-refractivity contribution in [1.29, 1.82) is 0 Å². The molecule has 7 heteroatoms. The molecule has 0 bridgehead atoms. The molecule has 0 aliphatic rings. The van der Waals surface area contributed by atoms with Gasteiger partial charge in [0, 0.05) is 13.0 Å². The fraction of sp³-hybridized carbons (Fsp3) is 0.385. The van der Waals surface area contributed by atoms with Crippen LogP contribution in [0.3, 0.4) is 0 Å². The zero-order valence-corrected chi connectivity index (χ0v) is 12.5. The Balaban J connectivity index is 2.45. The number of nitrogens with two attached hydrogens (primary N) is 1. The second-order valence-electron chi connectivity index (χ2n) is 4.17. The highest BCUT2D eigenvalue weighted by Gasteiger charge is 2.16. The Labute approximate surface area is 127 Å². The second kappa shape index (κ2) is 7.97. The average Bonchev–Trinajstić information content (AvgIpc) is 2.39. The fourth-order valence-electron chi connectivity index (χ4n) is 1.44. The second-order valence-corrected chi connectivity index (χ2v) is 4.96. The Hall–Kier alpha value is -1.46. The van der Waals surface area contributed by atoms with Crippen molar-refractivity contribution in [1.82, 2.24) is 5.32 Å². The van der Waals surface area contributed by atoms with Crippen molar-refractivity contribution in [2.75, 3.05) is 6.54 Å². The SMILES string of the molecule is C[C@H](Oc1cccc(Cl)c1Cl)C(=O)NCCCC(N)=O. The largest absolute Gasteiger partial charge is 0.479 e. The lowest BCUT2D eigenvalue weighted by molar-refractivity contribution is -0.127. The molecule has 0 spiro atoms. The first-order valence-corrected chi connectivity index (χ1v) is 6.84. The van der Waals surface area contributed by atoms with Gasteiger partial charge in [-0.2, -0.15) is 0 Å². The lowest BCUT2D eigenvalue weighted by Gasteiger charge is -2.15. The van der Waals surface area contributed by atoms with Gasteiger partial charge in [-0.15, -0.1) is 0 Å². The van der Waals surface area contributed by atoms with Crippen LogP contribution < -0.4 is 15.8 Å². The Morgan fingerprint density at radius 1 is 1.40 bits per heavy atom. The zero-order chi connectivity index (χ0) is 15.1. The van der Waals surface area contributed by atoms with E-state index in [2.05, 4.69) is 5.32 Å². The number of hydrogen-bond acceptors (Lipinski definition) is 3. The molecule has 1 aromatic rings. The molecule has 1 aromatic carbocycles. The molecule has 20 heavy (non-hydrogen) atoms. The standard InChI is InChI=1S/C13H16Cl2N2O3/c1-8(13(19)17-7-3-6-11(16)18)20-10-5-2-4-9(14)12(10)15/h2,4-5,8H,3,6-7H2,1H3,(H2,16,18)(H,17,19)/t8-/m0/s1. The summed E-state index contributed by atoms with van der Waals surface area (Å²) >= 11 is 11.8. The predicted molar refractivity (Wildman–Crippen MR) is 78.0 cm³/mol. The van der Waals surface area contributed by atoms with Crippen LogP contribution in [0.5, 0.6) is 5.75 Å². The molecule has 0 unspecified atom stereocenters. The van der Waals surface area contributed by atoms with Gasteiger partial charge in [0.2, 0.25) is 5.91 Å². The van der Waals surface area contributed by atoms with E-state index in [1.165, 1.54) is 0 Å². The molecular weight excluding hydrogens is 303 g/mol. The Morgan fingerprint density at radius 3 is 2.75 bits per heavy atom. The number of hydrogen-bond donors (Lipinski definition) is 2. The maximum absolute atomic E-state index is 11.8. The van der Waals surface area contributed by atoms with E-state index in [4.69, 9.17) is 33.7 Å². The molecule has 0 heterocycles.